The fraction of sp³-hybridized carbons (Fsp3) is 0.684. The first-order chi connectivity index (χ1) is 11.0. The lowest BCUT2D eigenvalue weighted by Crippen LogP contribution is -2.45. The molecule has 1 atom stereocenters. The quantitative estimate of drug-likeness (QED) is 0.316. The molecule has 0 heterocycles. The van der Waals surface area contributed by atoms with Crippen LogP contribution in [0.3, 0.4) is 0 Å². The van der Waals surface area contributed by atoms with E-state index < -0.39 is 6.04 Å². The van der Waals surface area contributed by atoms with Crippen molar-refractivity contribution in [1.29, 1.82) is 0 Å². The molecule has 0 bridgehead atoms. The number of hydrogen-bond acceptors (Lipinski definition) is 3. The van der Waals surface area contributed by atoms with Gasteiger partial charge in [0.2, 0.25) is 5.91 Å². The van der Waals surface area contributed by atoms with Crippen molar-refractivity contribution in [3.8, 4) is 0 Å². The minimum atomic E-state index is -0.561. The second-order valence-corrected chi connectivity index (χ2v) is 6.35. The van der Waals surface area contributed by atoms with Gasteiger partial charge in [-0.1, -0.05) is 26.0 Å². The summed E-state index contributed by atoms with van der Waals surface area (Å²) in [7, 11) is 1.35. The van der Waals surface area contributed by atoms with Gasteiger partial charge in [0.15, 0.2) is 0 Å². The standard InChI is InChI=1S/C19H33NO3/c1-6-8-10-12-16(13-11-9-7-2)18(21)20-17(14-15(3)4)19(22)23-5/h6-7,15-17H,1-2,8-14H2,3-5H3,(H,20,21)/t17-/m0/s1. The van der Waals surface area contributed by atoms with Crippen molar-refractivity contribution in [2.45, 2.75) is 64.8 Å². The summed E-state index contributed by atoms with van der Waals surface area (Å²) in [4.78, 5) is 24.4. The molecule has 23 heavy (non-hydrogen) atoms. The van der Waals surface area contributed by atoms with Gasteiger partial charge in [0, 0.05) is 5.92 Å². The van der Waals surface area contributed by atoms with E-state index in [1.807, 2.05) is 26.0 Å². The van der Waals surface area contributed by atoms with Crippen LogP contribution < -0.4 is 5.32 Å². The fourth-order valence-corrected chi connectivity index (χ4v) is 2.54. The maximum Gasteiger partial charge on any atom is 0.328 e. The Morgan fingerprint density at radius 1 is 1.09 bits per heavy atom. The minimum Gasteiger partial charge on any atom is -0.467 e. The van der Waals surface area contributed by atoms with E-state index in [0.717, 1.165) is 38.5 Å². The number of rotatable bonds is 13. The third-order valence-electron chi connectivity index (χ3n) is 3.80. The molecule has 4 heteroatoms. The monoisotopic (exact) mass is 323 g/mol. The largest absolute Gasteiger partial charge is 0.467 e. The average molecular weight is 323 g/mol. The van der Waals surface area contributed by atoms with Crippen LogP contribution in [0, 0.1) is 11.8 Å². The number of unbranched alkanes of at least 4 members (excludes halogenated alkanes) is 2. The van der Waals surface area contributed by atoms with E-state index in [0.29, 0.717) is 12.3 Å². The first-order valence-electron chi connectivity index (χ1n) is 8.56. The van der Waals surface area contributed by atoms with E-state index in [-0.39, 0.29) is 17.8 Å². The third kappa shape index (κ3) is 9.93. The van der Waals surface area contributed by atoms with Gasteiger partial charge in [0.05, 0.1) is 7.11 Å². The second kappa shape index (κ2) is 12.9. The Labute approximate surface area is 141 Å². The van der Waals surface area contributed by atoms with Crippen LogP contribution in [-0.4, -0.2) is 25.0 Å². The number of hydrogen-bond donors (Lipinski definition) is 1. The normalized spacial score (nSPS) is 12.0. The first kappa shape index (κ1) is 21.4. The summed E-state index contributed by atoms with van der Waals surface area (Å²) in [5.41, 5.74) is 0. The molecule has 0 aromatic rings. The van der Waals surface area contributed by atoms with Gasteiger partial charge in [-0.3, -0.25) is 4.79 Å². The highest BCUT2D eigenvalue weighted by molar-refractivity contribution is 5.85. The third-order valence-corrected chi connectivity index (χ3v) is 3.80. The van der Waals surface area contributed by atoms with Gasteiger partial charge in [-0.05, 0) is 50.9 Å². The molecule has 0 aromatic carbocycles. The molecule has 0 aliphatic rings. The highest BCUT2D eigenvalue weighted by atomic mass is 16.5. The SMILES string of the molecule is C=CCCCC(CCCC=C)C(=O)N[C@@H](CC(C)C)C(=O)OC. The van der Waals surface area contributed by atoms with E-state index in [4.69, 9.17) is 4.74 Å². The Morgan fingerprint density at radius 2 is 1.61 bits per heavy atom. The van der Waals surface area contributed by atoms with Crippen LogP contribution in [0.1, 0.15) is 58.8 Å². The van der Waals surface area contributed by atoms with E-state index in [1.165, 1.54) is 7.11 Å². The Hall–Kier alpha value is -1.58. The van der Waals surface area contributed by atoms with Crippen molar-refractivity contribution >= 4 is 11.9 Å². The fourth-order valence-electron chi connectivity index (χ4n) is 2.54. The Bertz CT molecular complexity index is 363. The van der Waals surface area contributed by atoms with Gasteiger partial charge in [-0.15, -0.1) is 13.2 Å². The van der Waals surface area contributed by atoms with Gasteiger partial charge in [-0.2, -0.15) is 0 Å². The van der Waals surface area contributed by atoms with Gasteiger partial charge in [0.25, 0.3) is 0 Å². The molecular weight excluding hydrogens is 290 g/mol. The smallest absolute Gasteiger partial charge is 0.328 e. The summed E-state index contributed by atoms with van der Waals surface area (Å²) < 4.78 is 4.81. The van der Waals surface area contributed by atoms with Crippen LogP contribution in [0.5, 0.6) is 0 Å². The number of carbonyl (C=O) groups excluding carboxylic acids is 2. The summed E-state index contributed by atoms with van der Waals surface area (Å²) in [6, 6.07) is -0.561. The molecular formula is C19H33NO3. The molecule has 0 aliphatic carbocycles. The second-order valence-electron chi connectivity index (χ2n) is 6.35. The lowest BCUT2D eigenvalue weighted by molar-refractivity contribution is -0.146. The summed E-state index contributed by atoms with van der Waals surface area (Å²) in [6.07, 6.45) is 9.61. The van der Waals surface area contributed by atoms with Crippen molar-refractivity contribution in [3.63, 3.8) is 0 Å². The molecule has 0 saturated heterocycles. The predicted molar refractivity (Wildman–Crippen MR) is 95.0 cm³/mol. The molecule has 0 aliphatic heterocycles. The van der Waals surface area contributed by atoms with Crippen LogP contribution in [0.4, 0.5) is 0 Å². The first-order valence-corrected chi connectivity index (χ1v) is 8.56. The maximum atomic E-state index is 12.6. The molecule has 0 rings (SSSR count). The van der Waals surface area contributed by atoms with Crippen molar-refractivity contribution < 1.29 is 14.3 Å². The zero-order chi connectivity index (χ0) is 17.7. The molecule has 1 amide bonds. The number of nitrogens with one attached hydrogen (secondary N) is 1. The number of esters is 1. The molecule has 4 nitrogen and oxygen atoms in total. The average Bonchev–Trinajstić information content (AvgIpc) is 2.51. The minimum absolute atomic E-state index is 0.0471. The van der Waals surface area contributed by atoms with Crippen LogP contribution in [0.15, 0.2) is 25.3 Å². The van der Waals surface area contributed by atoms with Crippen molar-refractivity contribution in [2.24, 2.45) is 11.8 Å². The van der Waals surface area contributed by atoms with Crippen LogP contribution in [0.2, 0.25) is 0 Å². The summed E-state index contributed by atoms with van der Waals surface area (Å²) in [5.74, 6) is -0.189. The Kier molecular flexibility index (Phi) is 12.0. The van der Waals surface area contributed by atoms with Crippen molar-refractivity contribution in [2.75, 3.05) is 7.11 Å². The van der Waals surface area contributed by atoms with Crippen LogP contribution in [-0.2, 0) is 14.3 Å². The summed E-state index contributed by atoms with van der Waals surface area (Å²) >= 11 is 0. The van der Waals surface area contributed by atoms with Crippen LogP contribution >= 0.6 is 0 Å². The highest BCUT2D eigenvalue weighted by Gasteiger charge is 2.26. The topological polar surface area (TPSA) is 55.4 Å². The van der Waals surface area contributed by atoms with Gasteiger partial charge < -0.3 is 10.1 Å². The van der Waals surface area contributed by atoms with Crippen molar-refractivity contribution in [3.05, 3.63) is 25.3 Å². The van der Waals surface area contributed by atoms with E-state index in [2.05, 4.69) is 18.5 Å². The molecule has 0 unspecified atom stereocenters. The Balaban J connectivity index is 4.74. The molecule has 0 radical (unpaired) electrons. The molecule has 0 spiro atoms. The number of allylic oxidation sites excluding steroid dienone is 2. The molecule has 132 valence electrons. The number of carbonyl (C=O) groups is 2. The lowest BCUT2D eigenvalue weighted by Gasteiger charge is -2.22. The number of methoxy groups -OCH3 is 1. The summed E-state index contributed by atoms with van der Waals surface area (Å²) in [5, 5.41) is 2.89. The van der Waals surface area contributed by atoms with E-state index in [1.54, 1.807) is 0 Å². The zero-order valence-electron chi connectivity index (χ0n) is 15.0. The van der Waals surface area contributed by atoms with E-state index in [9.17, 15) is 9.59 Å². The van der Waals surface area contributed by atoms with Crippen LogP contribution in [0.25, 0.3) is 0 Å². The molecule has 1 N–H and O–H groups in total. The van der Waals surface area contributed by atoms with Gasteiger partial charge in [0.1, 0.15) is 6.04 Å². The highest BCUT2D eigenvalue weighted by Crippen LogP contribution is 2.18. The number of ether oxygens (including phenoxy) is 1. The molecule has 0 saturated carbocycles. The Morgan fingerprint density at radius 3 is 2.00 bits per heavy atom. The summed E-state index contributed by atoms with van der Waals surface area (Å²) in [6.45, 7) is 11.5. The predicted octanol–water partition coefficient (Wildman–Crippen LogP) is 4.02. The maximum absolute atomic E-state index is 12.6. The van der Waals surface area contributed by atoms with E-state index >= 15 is 0 Å². The van der Waals surface area contributed by atoms with Gasteiger partial charge in [-0.25, -0.2) is 4.79 Å². The number of amides is 1. The zero-order valence-corrected chi connectivity index (χ0v) is 15.0. The van der Waals surface area contributed by atoms with Crippen molar-refractivity contribution in [1.82, 2.24) is 5.32 Å². The molecule has 0 fully saturated rings. The lowest BCUT2D eigenvalue weighted by atomic mass is 9.94. The van der Waals surface area contributed by atoms with Gasteiger partial charge >= 0.3 is 5.97 Å². The molecule has 0 aromatic heterocycles.